The molecule has 0 aliphatic carbocycles. The minimum absolute atomic E-state index is 0.845. The molecule has 1 nitrogen and oxygen atoms in total. The summed E-state index contributed by atoms with van der Waals surface area (Å²) in [7, 11) is 0. The zero-order valence-corrected chi connectivity index (χ0v) is 9.66. The van der Waals surface area contributed by atoms with Crippen molar-refractivity contribution in [2.45, 2.75) is 51.6 Å². The van der Waals surface area contributed by atoms with Crippen molar-refractivity contribution in [3.05, 3.63) is 29.3 Å². The third kappa shape index (κ3) is 1.37. The average Bonchev–Trinajstić information content (AvgIpc) is 2.81. The number of hydrogen-bond donors (Lipinski definition) is 0. The summed E-state index contributed by atoms with van der Waals surface area (Å²) in [4.78, 5) is 2.67. The third-order valence-corrected chi connectivity index (χ3v) is 4.24. The van der Waals surface area contributed by atoms with Crippen LogP contribution in [0.5, 0.6) is 0 Å². The van der Waals surface area contributed by atoms with Crippen LogP contribution in [0.4, 0.5) is 5.69 Å². The van der Waals surface area contributed by atoms with Crippen LogP contribution in [0.25, 0.3) is 0 Å². The smallest absolute Gasteiger partial charge is 0.0374 e. The molecule has 0 atom stereocenters. The molecule has 0 amide bonds. The van der Waals surface area contributed by atoms with Gasteiger partial charge in [-0.3, -0.25) is 0 Å². The van der Waals surface area contributed by atoms with Gasteiger partial charge in [-0.2, -0.15) is 0 Å². The molecule has 3 rings (SSSR count). The number of aryl methyl sites for hydroxylation is 2. The van der Waals surface area contributed by atoms with Gasteiger partial charge in [-0.15, -0.1) is 0 Å². The maximum Gasteiger partial charge on any atom is 0.0374 e. The van der Waals surface area contributed by atoms with Crippen LogP contribution < -0.4 is 4.90 Å². The second-order valence-electron chi connectivity index (χ2n) is 5.14. The monoisotopic (exact) mass is 201 g/mol. The third-order valence-electron chi connectivity index (χ3n) is 4.24. The number of fused-ring (bicyclic) bond motifs is 2. The highest BCUT2D eigenvalue weighted by molar-refractivity contribution is 5.54. The van der Waals surface area contributed by atoms with E-state index in [2.05, 4.69) is 36.9 Å². The SMILES string of the molecule is Cc1ccc(N2C3CCC2CC3)cc1C. The first-order valence-corrected chi connectivity index (χ1v) is 6.11. The van der Waals surface area contributed by atoms with E-state index >= 15 is 0 Å². The molecule has 0 radical (unpaired) electrons. The quantitative estimate of drug-likeness (QED) is 0.673. The highest BCUT2D eigenvalue weighted by Gasteiger charge is 2.39. The lowest BCUT2D eigenvalue weighted by molar-refractivity contribution is 0.576. The van der Waals surface area contributed by atoms with Crippen LogP contribution in [-0.4, -0.2) is 12.1 Å². The number of nitrogens with zero attached hydrogens (tertiary/aromatic N) is 1. The zero-order valence-electron chi connectivity index (χ0n) is 9.66. The second kappa shape index (κ2) is 3.26. The van der Waals surface area contributed by atoms with E-state index in [0.717, 1.165) is 12.1 Å². The Morgan fingerprint density at radius 1 is 0.933 bits per heavy atom. The molecule has 1 aromatic carbocycles. The van der Waals surface area contributed by atoms with Gasteiger partial charge in [0.25, 0.3) is 0 Å². The van der Waals surface area contributed by atoms with Crippen molar-refractivity contribution in [2.75, 3.05) is 4.90 Å². The minimum atomic E-state index is 0.845. The minimum Gasteiger partial charge on any atom is -0.366 e. The Morgan fingerprint density at radius 3 is 2.07 bits per heavy atom. The molecule has 2 fully saturated rings. The number of rotatable bonds is 1. The number of anilines is 1. The van der Waals surface area contributed by atoms with Gasteiger partial charge in [-0.25, -0.2) is 0 Å². The molecule has 1 aromatic rings. The molecule has 2 saturated heterocycles. The summed E-state index contributed by atoms with van der Waals surface area (Å²) >= 11 is 0. The molecule has 2 aliphatic rings. The first-order valence-electron chi connectivity index (χ1n) is 6.11. The predicted octanol–water partition coefficient (Wildman–Crippen LogP) is 3.43. The molecule has 2 aliphatic heterocycles. The van der Waals surface area contributed by atoms with Gasteiger partial charge in [0.05, 0.1) is 0 Å². The lowest BCUT2D eigenvalue weighted by Crippen LogP contribution is -2.27. The van der Waals surface area contributed by atoms with Crippen LogP contribution in [0.2, 0.25) is 0 Å². The van der Waals surface area contributed by atoms with Gasteiger partial charge >= 0.3 is 0 Å². The van der Waals surface area contributed by atoms with Gasteiger partial charge < -0.3 is 4.90 Å². The molecule has 0 N–H and O–H groups in total. The van der Waals surface area contributed by atoms with Gasteiger partial charge in [-0.05, 0) is 62.8 Å². The van der Waals surface area contributed by atoms with Crippen LogP contribution in [0.15, 0.2) is 18.2 Å². The molecule has 15 heavy (non-hydrogen) atoms. The van der Waals surface area contributed by atoms with Gasteiger partial charge in [0, 0.05) is 17.8 Å². The molecule has 1 heteroatoms. The molecular formula is C14H19N. The topological polar surface area (TPSA) is 3.24 Å². The first-order chi connectivity index (χ1) is 7.25. The van der Waals surface area contributed by atoms with Crippen molar-refractivity contribution in [3.8, 4) is 0 Å². The Balaban J connectivity index is 1.96. The van der Waals surface area contributed by atoms with E-state index < -0.39 is 0 Å². The second-order valence-corrected chi connectivity index (χ2v) is 5.14. The lowest BCUT2D eigenvalue weighted by atomic mass is 10.0. The Morgan fingerprint density at radius 2 is 1.53 bits per heavy atom. The Labute approximate surface area is 92.1 Å². The summed E-state index contributed by atoms with van der Waals surface area (Å²) in [5.74, 6) is 0. The summed E-state index contributed by atoms with van der Waals surface area (Å²) in [5, 5.41) is 0. The zero-order chi connectivity index (χ0) is 10.4. The summed E-state index contributed by atoms with van der Waals surface area (Å²) in [5.41, 5.74) is 4.30. The van der Waals surface area contributed by atoms with Crippen LogP contribution in [-0.2, 0) is 0 Å². The molecule has 0 spiro atoms. The van der Waals surface area contributed by atoms with Gasteiger partial charge in [-0.1, -0.05) is 6.07 Å². The van der Waals surface area contributed by atoms with E-state index in [1.807, 2.05) is 0 Å². The van der Waals surface area contributed by atoms with Gasteiger partial charge in [0.15, 0.2) is 0 Å². The van der Waals surface area contributed by atoms with Crippen molar-refractivity contribution >= 4 is 5.69 Å². The van der Waals surface area contributed by atoms with Crippen molar-refractivity contribution < 1.29 is 0 Å². The normalized spacial score (nSPS) is 28.8. The van der Waals surface area contributed by atoms with Crippen LogP contribution in [0.3, 0.4) is 0 Å². The van der Waals surface area contributed by atoms with Crippen molar-refractivity contribution in [1.82, 2.24) is 0 Å². The molecule has 2 heterocycles. The maximum absolute atomic E-state index is 2.67. The van der Waals surface area contributed by atoms with E-state index in [9.17, 15) is 0 Å². The maximum atomic E-state index is 2.67. The molecule has 80 valence electrons. The van der Waals surface area contributed by atoms with Crippen LogP contribution in [0.1, 0.15) is 36.8 Å². The molecule has 2 bridgehead atoms. The summed E-state index contributed by atoms with van der Waals surface area (Å²) in [6, 6.07) is 8.63. The largest absolute Gasteiger partial charge is 0.366 e. The number of hydrogen-bond acceptors (Lipinski definition) is 1. The highest BCUT2D eigenvalue weighted by Crippen LogP contribution is 2.41. The summed E-state index contributed by atoms with van der Waals surface area (Å²) < 4.78 is 0. The fourth-order valence-corrected chi connectivity index (χ4v) is 3.22. The van der Waals surface area contributed by atoms with Gasteiger partial charge in [0.1, 0.15) is 0 Å². The number of benzene rings is 1. The molecular weight excluding hydrogens is 182 g/mol. The summed E-state index contributed by atoms with van der Waals surface area (Å²) in [6.07, 6.45) is 5.66. The molecule has 0 saturated carbocycles. The molecule has 0 aromatic heterocycles. The summed E-state index contributed by atoms with van der Waals surface area (Å²) in [6.45, 7) is 4.41. The fourth-order valence-electron chi connectivity index (χ4n) is 3.22. The lowest BCUT2D eigenvalue weighted by Gasteiger charge is -2.25. The van der Waals surface area contributed by atoms with Crippen molar-refractivity contribution in [3.63, 3.8) is 0 Å². The van der Waals surface area contributed by atoms with Crippen molar-refractivity contribution in [2.24, 2.45) is 0 Å². The standard InChI is InChI=1S/C14H19N/c1-10-3-4-14(9-11(10)2)15-12-5-6-13(15)8-7-12/h3-4,9,12-13H,5-8H2,1-2H3. The van der Waals surface area contributed by atoms with E-state index in [0.29, 0.717) is 0 Å². The average molecular weight is 201 g/mol. The fraction of sp³-hybridized carbons (Fsp3) is 0.571. The van der Waals surface area contributed by atoms with Crippen molar-refractivity contribution in [1.29, 1.82) is 0 Å². The van der Waals surface area contributed by atoms with E-state index in [1.54, 1.807) is 0 Å². The van der Waals surface area contributed by atoms with Gasteiger partial charge in [0.2, 0.25) is 0 Å². The Kier molecular flexibility index (Phi) is 2.01. The van der Waals surface area contributed by atoms with Crippen LogP contribution >= 0.6 is 0 Å². The van der Waals surface area contributed by atoms with Crippen LogP contribution in [0, 0.1) is 13.8 Å². The van der Waals surface area contributed by atoms with E-state index in [1.165, 1.54) is 42.5 Å². The highest BCUT2D eigenvalue weighted by atomic mass is 15.2. The predicted molar refractivity (Wildman–Crippen MR) is 64.4 cm³/mol. The first kappa shape index (κ1) is 9.26. The Hall–Kier alpha value is -0.980. The van der Waals surface area contributed by atoms with E-state index in [-0.39, 0.29) is 0 Å². The molecule has 0 unspecified atom stereocenters. The Bertz CT molecular complexity index is 363. The van der Waals surface area contributed by atoms with E-state index in [4.69, 9.17) is 0 Å².